The smallest absolute Gasteiger partial charge is 0.272 e. The molecule has 1 atom stereocenters. The standard InChI is InChI=1S/C12H17N3O2/c1-9-8-17-6-5-15(9)12(16)11-7-10(13-2)3-4-14-11/h3-4,7,9H,5-6,8H2,1-2H3,(H,13,14). The molecule has 1 amide bonds. The van der Waals surface area contributed by atoms with E-state index in [9.17, 15) is 4.79 Å². The van der Waals surface area contributed by atoms with Crippen LogP contribution in [0.5, 0.6) is 0 Å². The summed E-state index contributed by atoms with van der Waals surface area (Å²) in [5.41, 5.74) is 1.37. The van der Waals surface area contributed by atoms with Crippen LogP contribution in [0.4, 0.5) is 5.69 Å². The number of nitrogens with one attached hydrogen (secondary N) is 1. The lowest BCUT2D eigenvalue weighted by atomic mass is 10.2. The van der Waals surface area contributed by atoms with Gasteiger partial charge in [-0.1, -0.05) is 0 Å². The predicted molar refractivity (Wildman–Crippen MR) is 65.1 cm³/mol. The summed E-state index contributed by atoms with van der Waals surface area (Å²) >= 11 is 0. The first-order valence-corrected chi connectivity index (χ1v) is 5.75. The van der Waals surface area contributed by atoms with E-state index in [1.807, 2.05) is 24.9 Å². The summed E-state index contributed by atoms with van der Waals surface area (Å²) in [7, 11) is 1.82. The molecule has 1 aliphatic heterocycles. The van der Waals surface area contributed by atoms with Crippen LogP contribution in [0.3, 0.4) is 0 Å². The molecule has 1 saturated heterocycles. The number of rotatable bonds is 2. The average molecular weight is 235 g/mol. The number of pyridine rings is 1. The van der Waals surface area contributed by atoms with E-state index in [0.717, 1.165) is 5.69 Å². The van der Waals surface area contributed by atoms with Crippen LogP contribution in [-0.4, -0.2) is 48.6 Å². The van der Waals surface area contributed by atoms with Gasteiger partial charge in [-0.15, -0.1) is 0 Å². The summed E-state index contributed by atoms with van der Waals surface area (Å²) in [5, 5.41) is 3.00. The highest BCUT2D eigenvalue weighted by Crippen LogP contribution is 2.13. The number of aromatic nitrogens is 1. The van der Waals surface area contributed by atoms with E-state index < -0.39 is 0 Å². The van der Waals surface area contributed by atoms with Crippen molar-refractivity contribution >= 4 is 11.6 Å². The molecule has 0 spiro atoms. The first-order valence-electron chi connectivity index (χ1n) is 5.75. The van der Waals surface area contributed by atoms with E-state index in [-0.39, 0.29) is 11.9 Å². The minimum absolute atomic E-state index is 0.0297. The van der Waals surface area contributed by atoms with Crippen molar-refractivity contribution in [2.45, 2.75) is 13.0 Å². The molecule has 5 nitrogen and oxygen atoms in total. The number of ether oxygens (including phenoxy) is 1. The van der Waals surface area contributed by atoms with Crippen molar-refractivity contribution in [3.8, 4) is 0 Å². The molecule has 1 aromatic heterocycles. The zero-order valence-corrected chi connectivity index (χ0v) is 10.1. The van der Waals surface area contributed by atoms with Crippen LogP contribution in [0.1, 0.15) is 17.4 Å². The minimum atomic E-state index is -0.0297. The molecule has 2 heterocycles. The summed E-state index contributed by atoms with van der Waals surface area (Å²) in [4.78, 5) is 18.2. The van der Waals surface area contributed by atoms with Crippen molar-refractivity contribution in [2.75, 3.05) is 32.1 Å². The quantitative estimate of drug-likeness (QED) is 0.830. The molecule has 1 unspecified atom stereocenters. The van der Waals surface area contributed by atoms with Crippen molar-refractivity contribution in [3.05, 3.63) is 24.0 Å². The molecule has 1 aromatic rings. The Balaban J connectivity index is 2.17. The zero-order valence-electron chi connectivity index (χ0n) is 10.1. The van der Waals surface area contributed by atoms with Crippen molar-refractivity contribution in [2.24, 2.45) is 0 Å². The van der Waals surface area contributed by atoms with Gasteiger partial charge >= 0.3 is 0 Å². The third kappa shape index (κ3) is 2.55. The van der Waals surface area contributed by atoms with Gasteiger partial charge in [0.1, 0.15) is 5.69 Å². The number of morpholine rings is 1. The predicted octanol–water partition coefficient (Wildman–Crippen LogP) is 0.984. The SMILES string of the molecule is CNc1ccnc(C(=O)N2CCOCC2C)c1. The maximum atomic E-state index is 12.3. The van der Waals surface area contributed by atoms with E-state index in [1.165, 1.54) is 0 Å². The van der Waals surface area contributed by atoms with Crippen molar-refractivity contribution < 1.29 is 9.53 Å². The number of amides is 1. The highest BCUT2D eigenvalue weighted by molar-refractivity contribution is 5.93. The van der Waals surface area contributed by atoms with E-state index in [2.05, 4.69) is 10.3 Å². The normalized spacial score (nSPS) is 20.1. The summed E-state index contributed by atoms with van der Waals surface area (Å²) in [6.45, 7) is 3.81. The van der Waals surface area contributed by atoms with Gasteiger partial charge < -0.3 is 15.0 Å². The number of nitrogens with zero attached hydrogens (tertiary/aromatic N) is 2. The molecule has 0 saturated carbocycles. The Labute approximate surface area is 101 Å². The highest BCUT2D eigenvalue weighted by atomic mass is 16.5. The lowest BCUT2D eigenvalue weighted by molar-refractivity contribution is 0.00328. The Morgan fingerprint density at radius 2 is 2.47 bits per heavy atom. The van der Waals surface area contributed by atoms with E-state index >= 15 is 0 Å². The monoisotopic (exact) mass is 235 g/mol. The molecular formula is C12H17N3O2. The Bertz CT molecular complexity index is 408. The Hall–Kier alpha value is -1.62. The highest BCUT2D eigenvalue weighted by Gasteiger charge is 2.25. The molecule has 92 valence electrons. The van der Waals surface area contributed by atoms with Crippen molar-refractivity contribution in [1.29, 1.82) is 0 Å². The van der Waals surface area contributed by atoms with E-state index in [0.29, 0.717) is 25.5 Å². The Kier molecular flexibility index (Phi) is 3.58. The molecule has 5 heteroatoms. The maximum Gasteiger partial charge on any atom is 0.272 e. The third-order valence-electron chi connectivity index (χ3n) is 2.90. The number of carbonyl (C=O) groups excluding carboxylic acids is 1. The largest absolute Gasteiger partial charge is 0.388 e. The molecule has 1 fully saturated rings. The van der Waals surface area contributed by atoms with Gasteiger partial charge in [0.05, 0.1) is 19.3 Å². The number of hydrogen-bond donors (Lipinski definition) is 1. The van der Waals surface area contributed by atoms with Crippen LogP contribution in [0, 0.1) is 0 Å². The first kappa shape index (κ1) is 11.9. The molecule has 17 heavy (non-hydrogen) atoms. The van der Waals surface area contributed by atoms with Gasteiger partial charge in [-0.25, -0.2) is 0 Å². The second-order valence-electron chi connectivity index (χ2n) is 4.10. The van der Waals surface area contributed by atoms with Crippen molar-refractivity contribution in [3.63, 3.8) is 0 Å². The topological polar surface area (TPSA) is 54.5 Å². The van der Waals surface area contributed by atoms with Crippen LogP contribution in [0.2, 0.25) is 0 Å². The zero-order chi connectivity index (χ0) is 12.3. The summed E-state index contributed by atoms with van der Waals surface area (Å²) in [6, 6.07) is 3.71. The summed E-state index contributed by atoms with van der Waals surface area (Å²) < 4.78 is 5.32. The van der Waals surface area contributed by atoms with Gasteiger partial charge in [0.25, 0.3) is 5.91 Å². The van der Waals surface area contributed by atoms with Crippen LogP contribution < -0.4 is 5.32 Å². The lowest BCUT2D eigenvalue weighted by Crippen LogP contribution is -2.47. The fraction of sp³-hybridized carbons (Fsp3) is 0.500. The number of anilines is 1. The summed E-state index contributed by atoms with van der Waals surface area (Å²) in [5.74, 6) is -0.0297. The number of hydrogen-bond acceptors (Lipinski definition) is 4. The molecule has 0 aromatic carbocycles. The molecule has 0 aliphatic carbocycles. The second kappa shape index (κ2) is 5.14. The minimum Gasteiger partial charge on any atom is -0.388 e. The van der Waals surface area contributed by atoms with Gasteiger partial charge in [-0.05, 0) is 19.1 Å². The van der Waals surface area contributed by atoms with Gasteiger partial charge in [0.15, 0.2) is 0 Å². The molecule has 1 N–H and O–H groups in total. The van der Waals surface area contributed by atoms with Crippen molar-refractivity contribution in [1.82, 2.24) is 9.88 Å². The van der Waals surface area contributed by atoms with Gasteiger partial charge in [0, 0.05) is 25.5 Å². The molecule has 0 radical (unpaired) electrons. The lowest BCUT2D eigenvalue weighted by Gasteiger charge is -2.33. The maximum absolute atomic E-state index is 12.3. The van der Waals surface area contributed by atoms with Crippen LogP contribution in [0.25, 0.3) is 0 Å². The van der Waals surface area contributed by atoms with Crippen LogP contribution in [-0.2, 0) is 4.74 Å². The van der Waals surface area contributed by atoms with Gasteiger partial charge in [-0.2, -0.15) is 0 Å². The van der Waals surface area contributed by atoms with Crippen LogP contribution >= 0.6 is 0 Å². The summed E-state index contributed by atoms with van der Waals surface area (Å²) in [6.07, 6.45) is 1.64. The van der Waals surface area contributed by atoms with E-state index in [4.69, 9.17) is 4.74 Å². The molecule has 2 rings (SSSR count). The first-order chi connectivity index (χ1) is 8.22. The fourth-order valence-electron chi connectivity index (χ4n) is 1.88. The number of carbonyl (C=O) groups is 1. The average Bonchev–Trinajstić information content (AvgIpc) is 2.38. The van der Waals surface area contributed by atoms with Gasteiger partial charge in [-0.3, -0.25) is 9.78 Å². The fourth-order valence-corrected chi connectivity index (χ4v) is 1.88. The third-order valence-corrected chi connectivity index (χ3v) is 2.90. The van der Waals surface area contributed by atoms with Gasteiger partial charge in [0.2, 0.25) is 0 Å². The Morgan fingerprint density at radius 1 is 1.65 bits per heavy atom. The molecular weight excluding hydrogens is 218 g/mol. The molecule has 0 bridgehead atoms. The second-order valence-corrected chi connectivity index (χ2v) is 4.10. The molecule has 1 aliphatic rings. The Morgan fingerprint density at radius 3 is 3.18 bits per heavy atom. The van der Waals surface area contributed by atoms with E-state index in [1.54, 1.807) is 12.3 Å². The van der Waals surface area contributed by atoms with Crippen LogP contribution in [0.15, 0.2) is 18.3 Å².